The third kappa shape index (κ3) is 3.30. The normalized spacial score (nSPS) is 11.0. The highest BCUT2D eigenvalue weighted by molar-refractivity contribution is 5.61. The van der Waals surface area contributed by atoms with Gasteiger partial charge in [0.25, 0.3) is 0 Å². The van der Waals surface area contributed by atoms with Crippen LogP contribution in [0.15, 0.2) is 24.8 Å². The number of rotatable bonds is 4. The van der Waals surface area contributed by atoms with Crippen LogP contribution in [0.4, 0.5) is 0 Å². The topological polar surface area (TPSA) is 18.5 Å². The van der Waals surface area contributed by atoms with Crippen LogP contribution in [0.3, 0.4) is 0 Å². The van der Waals surface area contributed by atoms with Crippen LogP contribution in [0.25, 0.3) is 6.08 Å². The Morgan fingerprint density at radius 2 is 2.00 bits per heavy atom. The fraction of sp³-hybridized carbons (Fsp3) is 0.429. The molecule has 0 saturated carbocycles. The quantitative estimate of drug-likeness (QED) is 0.766. The summed E-state index contributed by atoms with van der Waals surface area (Å²) in [6.45, 7) is 12.4. The molecule has 0 fully saturated rings. The summed E-state index contributed by atoms with van der Waals surface area (Å²) in [5, 5.41) is 0. The van der Waals surface area contributed by atoms with Crippen molar-refractivity contribution >= 4 is 6.08 Å². The van der Waals surface area contributed by atoms with Crippen LogP contribution in [0, 0.1) is 0 Å². The van der Waals surface area contributed by atoms with Gasteiger partial charge in [0.15, 0.2) is 11.5 Å². The smallest absolute Gasteiger partial charge is 0.168 e. The summed E-state index contributed by atoms with van der Waals surface area (Å²) in [5.74, 6) is 1.54. The fourth-order valence-corrected chi connectivity index (χ4v) is 1.40. The van der Waals surface area contributed by atoms with Crippen molar-refractivity contribution in [3.05, 3.63) is 30.3 Å². The van der Waals surface area contributed by atoms with E-state index in [2.05, 4.69) is 6.58 Å². The average Bonchev–Trinajstić information content (AvgIpc) is 2.18. The van der Waals surface area contributed by atoms with E-state index in [0.29, 0.717) is 6.61 Å². The lowest BCUT2D eigenvalue weighted by molar-refractivity contribution is 0.124. The van der Waals surface area contributed by atoms with Crippen LogP contribution in [0.1, 0.15) is 33.3 Å². The van der Waals surface area contributed by atoms with Gasteiger partial charge in [0.2, 0.25) is 0 Å². The highest BCUT2D eigenvalue weighted by Crippen LogP contribution is 2.34. The summed E-state index contributed by atoms with van der Waals surface area (Å²) >= 11 is 0. The van der Waals surface area contributed by atoms with Crippen LogP contribution in [-0.2, 0) is 0 Å². The Morgan fingerprint density at radius 1 is 1.31 bits per heavy atom. The van der Waals surface area contributed by atoms with E-state index in [1.54, 1.807) is 6.08 Å². The Kier molecular flexibility index (Phi) is 3.99. The van der Waals surface area contributed by atoms with E-state index < -0.39 is 0 Å². The Morgan fingerprint density at radius 3 is 2.50 bits per heavy atom. The SMILES string of the molecule is C=Cc1cccc(OC(C)(C)C)c1OCC. The molecule has 0 radical (unpaired) electrons. The molecule has 0 saturated heterocycles. The minimum atomic E-state index is -0.231. The number of para-hydroxylation sites is 1. The highest BCUT2D eigenvalue weighted by atomic mass is 16.5. The molecule has 0 aliphatic rings. The monoisotopic (exact) mass is 220 g/mol. The molecule has 0 bridgehead atoms. The van der Waals surface area contributed by atoms with Gasteiger partial charge in [-0.25, -0.2) is 0 Å². The number of hydrogen-bond donors (Lipinski definition) is 0. The summed E-state index contributed by atoms with van der Waals surface area (Å²) in [6.07, 6.45) is 1.78. The molecule has 0 heterocycles. The van der Waals surface area contributed by atoms with E-state index in [4.69, 9.17) is 9.47 Å². The molecule has 0 aliphatic carbocycles. The van der Waals surface area contributed by atoms with Gasteiger partial charge in [-0.1, -0.05) is 24.8 Å². The minimum absolute atomic E-state index is 0.231. The van der Waals surface area contributed by atoms with Crippen LogP contribution < -0.4 is 9.47 Å². The van der Waals surface area contributed by atoms with E-state index in [1.807, 2.05) is 45.9 Å². The molecule has 0 unspecified atom stereocenters. The first-order chi connectivity index (χ1) is 7.48. The molecule has 0 N–H and O–H groups in total. The van der Waals surface area contributed by atoms with Crippen molar-refractivity contribution in [2.24, 2.45) is 0 Å². The van der Waals surface area contributed by atoms with E-state index in [-0.39, 0.29) is 5.60 Å². The minimum Gasteiger partial charge on any atom is -0.489 e. The maximum Gasteiger partial charge on any atom is 0.168 e. The third-order valence-corrected chi connectivity index (χ3v) is 1.93. The maximum absolute atomic E-state index is 5.86. The summed E-state index contributed by atoms with van der Waals surface area (Å²) in [6, 6.07) is 5.83. The molecule has 1 rings (SSSR count). The van der Waals surface area contributed by atoms with Gasteiger partial charge in [0.05, 0.1) is 6.61 Å². The molecular weight excluding hydrogens is 200 g/mol. The molecule has 0 amide bonds. The first-order valence-electron chi connectivity index (χ1n) is 5.55. The number of ether oxygens (including phenoxy) is 2. The second-order valence-corrected chi connectivity index (χ2v) is 4.53. The van der Waals surface area contributed by atoms with Crippen LogP contribution >= 0.6 is 0 Å². The molecular formula is C14H20O2. The summed E-state index contributed by atoms with van der Waals surface area (Å²) in [5.41, 5.74) is 0.731. The van der Waals surface area contributed by atoms with E-state index in [1.165, 1.54) is 0 Å². The first-order valence-corrected chi connectivity index (χ1v) is 5.55. The Labute approximate surface area is 97.9 Å². The molecule has 2 heteroatoms. The van der Waals surface area contributed by atoms with Crippen molar-refractivity contribution < 1.29 is 9.47 Å². The summed E-state index contributed by atoms with van der Waals surface area (Å²) in [4.78, 5) is 0. The lowest BCUT2D eigenvalue weighted by Gasteiger charge is -2.23. The largest absolute Gasteiger partial charge is 0.489 e. The summed E-state index contributed by atoms with van der Waals surface area (Å²) < 4.78 is 11.5. The lowest BCUT2D eigenvalue weighted by Crippen LogP contribution is -2.23. The third-order valence-electron chi connectivity index (χ3n) is 1.93. The molecule has 16 heavy (non-hydrogen) atoms. The van der Waals surface area contributed by atoms with Crippen molar-refractivity contribution in [1.29, 1.82) is 0 Å². The van der Waals surface area contributed by atoms with Crippen LogP contribution in [-0.4, -0.2) is 12.2 Å². The van der Waals surface area contributed by atoms with Crippen molar-refractivity contribution in [3.63, 3.8) is 0 Å². The fourth-order valence-electron chi connectivity index (χ4n) is 1.40. The van der Waals surface area contributed by atoms with Gasteiger partial charge < -0.3 is 9.47 Å². The van der Waals surface area contributed by atoms with Gasteiger partial charge in [-0.15, -0.1) is 0 Å². The standard InChI is InChI=1S/C14H20O2/c1-6-11-9-8-10-12(13(11)15-7-2)16-14(3,4)5/h6,8-10H,1,7H2,2-5H3. The zero-order valence-electron chi connectivity index (χ0n) is 10.5. The predicted molar refractivity (Wildman–Crippen MR) is 68.1 cm³/mol. The number of benzene rings is 1. The molecule has 2 nitrogen and oxygen atoms in total. The van der Waals surface area contributed by atoms with Crippen molar-refractivity contribution in [2.75, 3.05) is 6.61 Å². The zero-order chi connectivity index (χ0) is 12.2. The maximum atomic E-state index is 5.86. The Balaban J connectivity index is 3.11. The van der Waals surface area contributed by atoms with E-state index >= 15 is 0 Å². The Hall–Kier alpha value is -1.44. The second-order valence-electron chi connectivity index (χ2n) is 4.53. The van der Waals surface area contributed by atoms with E-state index in [9.17, 15) is 0 Å². The second kappa shape index (κ2) is 5.06. The molecule has 1 aromatic carbocycles. The molecule has 0 atom stereocenters. The highest BCUT2D eigenvalue weighted by Gasteiger charge is 2.16. The lowest BCUT2D eigenvalue weighted by atomic mass is 10.1. The molecule has 0 aliphatic heterocycles. The number of hydrogen-bond acceptors (Lipinski definition) is 2. The van der Waals surface area contributed by atoms with Gasteiger partial charge >= 0.3 is 0 Å². The van der Waals surface area contributed by atoms with Crippen LogP contribution in [0.5, 0.6) is 11.5 Å². The van der Waals surface area contributed by atoms with Gasteiger partial charge in [-0.3, -0.25) is 0 Å². The molecule has 0 spiro atoms. The van der Waals surface area contributed by atoms with Gasteiger partial charge in [0, 0.05) is 5.56 Å². The molecule has 0 aromatic heterocycles. The Bertz CT molecular complexity index is 361. The van der Waals surface area contributed by atoms with Crippen molar-refractivity contribution in [1.82, 2.24) is 0 Å². The molecule has 88 valence electrons. The van der Waals surface area contributed by atoms with Crippen LogP contribution in [0.2, 0.25) is 0 Å². The van der Waals surface area contributed by atoms with Gasteiger partial charge in [0.1, 0.15) is 5.60 Å². The predicted octanol–water partition coefficient (Wildman–Crippen LogP) is 3.91. The summed E-state index contributed by atoms with van der Waals surface area (Å²) in [7, 11) is 0. The van der Waals surface area contributed by atoms with E-state index in [0.717, 1.165) is 17.1 Å². The zero-order valence-corrected chi connectivity index (χ0v) is 10.5. The molecule has 1 aromatic rings. The van der Waals surface area contributed by atoms with Crippen molar-refractivity contribution in [3.8, 4) is 11.5 Å². The average molecular weight is 220 g/mol. The van der Waals surface area contributed by atoms with Gasteiger partial charge in [-0.05, 0) is 33.8 Å². The van der Waals surface area contributed by atoms with Crippen molar-refractivity contribution in [2.45, 2.75) is 33.3 Å². The first kappa shape index (κ1) is 12.6. The van der Waals surface area contributed by atoms with Gasteiger partial charge in [-0.2, -0.15) is 0 Å².